The number of aryl methyl sites for hydroxylation is 1. The summed E-state index contributed by atoms with van der Waals surface area (Å²) in [4.78, 5) is 21.7. The zero-order chi connectivity index (χ0) is 13.9. The van der Waals surface area contributed by atoms with Crippen molar-refractivity contribution in [2.24, 2.45) is 0 Å². The molecule has 8 heteroatoms. The highest BCUT2D eigenvalue weighted by Gasteiger charge is 2.23. The number of rotatable bonds is 3. The molecule has 1 aromatic rings. The molecule has 1 rings (SSSR count). The highest BCUT2D eigenvalue weighted by atomic mass is 79.9. The van der Waals surface area contributed by atoms with Crippen LogP contribution >= 0.6 is 31.9 Å². The number of carbonyl (C=O) groups excluding carboxylic acids is 1. The van der Waals surface area contributed by atoms with Gasteiger partial charge < -0.3 is 5.32 Å². The minimum Gasteiger partial charge on any atom is -0.324 e. The standard InChI is InChI=1S/C10H7Br2N3O3/c1-5-4-6(11)10(15(17)18)8(12)9(5)14-7(16)2-3-13/h4H,2H2,1H3,(H,14,16). The van der Waals surface area contributed by atoms with E-state index in [2.05, 4.69) is 37.2 Å². The van der Waals surface area contributed by atoms with E-state index in [1.165, 1.54) is 6.07 Å². The minimum atomic E-state index is -0.562. The van der Waals surface area contributed by atoms with E-state index in [1.54, 1.807) is 13.0 Å². The molecule has 18 heavy (non-hydrogen) atoms. The first-order chi connectivity index (χ1) is 8.38. The van der Waals surface area contributed by atoms with Crippen LogP contribution in [0.25, 0.3) is 0 Å². The fourth-order valence-electron chi connectivity index (χ4n) is 1.30. The van der Waals surface area contributed by atoms with Crippen LogP contribution in [0.3, 0.4) is 0 Å². The largest absolute Gasteiger partial charge is 0.324 e. The first kappa shape index (κ1) is 14.6. The maximum absolute atomic E-state index is 11.3. The number of benzene rings is 1. The molecule has 0 radical (unpaired) electrons. The smallest absolute Gasteiger partial charge is 0.299 e. The van der Waals surface area contributed by atoms with E-state index in [9.17, 15) is 14.9 Å². The molecule has 0 aliphatic carbocycles. The van der Waals surface area contributed by atoms with Gasteiger partial charge in [-0.15, -0.1) is 0 Å². The van der Waals surface area contributed by atoms with Gasteiger partial charge >= 0.3 is 0 Å². The van der Waals surface area contributed by atoms with Crippen molar-refractivity contribution in [1.29, 1.82) is 5.26 Å². The lowest BCUT2D eigenvalue weighted by Crippen LogP contribution is -2.12. The Morgan fingerprint density at radius 2 is 2.22 bits per heavy atom. The maximum atomic E-state index is 11.3. The fourth-order valence-corrected chi connectivity index (χ4v) is 3.03. The van der Waals surface area contributed by atoms with Gasteiger partial charge in [0, 0.05) is 0 Å². The lowest BCUT2D eigenvalue weighted by molar-refractivity contribution is -0.386. The van der Waals surface area contributed by atoms with Gasteiger partial charge in [0.05, 0.1) is 21.2 Å². The van der Waals surface area contributed by atoms with Gasteiger partial charge in [-0.3, -0.25) is 14.9 Å². The van der Waals surface area contributed by atoms with Crippen molar-refractivity contribution in [1.82, 2.24) is 0 Å². The van der Waals surface area contributed by atoms with E-state index in [4.69, 9.17) is 5.26 Å². The van der Waals surface area contributed by atoms with Gasteiger partial charge in [-0.1, -0.05) is 0 Å². The molecule has 0 fully saturated rings. The van der Waals surface area contributed by atoms with Crippen LogP contribution in [0.5, 0.6) is 0 Å². The average Bonchev–Trinajstić information content (AvgIpc) is 2.23. The molecule has 1 aromatic carbocycles. The van der Waals surface area contributed by atoms with Crippen LogP contribution in [-0.2, 0) is 4.79 Å². The number of hydrogen-bond acceptors (Lipinski definition) is 4. The van der Waals surface area contributed by atoms with Gasteiger partial charge in [-0.25, -0.2) is 0 Å². The number of carbonyl (C=O) groups is 1. The number of hydrogen-bond donors (Lipinski definition) is 1. The quantitative estimate of drug-likeness (QED) is 0.646. The summed E-state index contributed by atoms with van der Waals surface area (Å²) >= 11 is 6.19. The molecule has 0 heterocycles. The predicted molar refractivity (Wildman–Crippen MR) is 72.1 cm³/mol. The molecule has 0 aliphatic heterocycles. The van der Waals surface area contributed by atoms with Crippen LogP contribution in [0, 0.1) is 28.4 Å². The van der Waals surface area contributed by atoms with Gasteiger partial charge in [0.15, 0.2) is 0 Å². The first-order valence-corrected chi connectivity index (χ1v) is 6.26. The highest BCUT2D eigenvalue weighted by Crippen LogP contribution is 2.40. The number of amides is 1. The second-order valence-electron chi connectivity index (χ2n) is 3.35. The second kappa shape index (κ2) is 5.93. The van der Waals surface area contributed by atoms with Crippen molar-refractivity contribution in [3.8, 4) is 6.07 Å². The van der Waals surface area contributed by atoms with Gasteiger partial charge in [0.25, 0.3) is 5.69 Å². The summed E-state index contributed by atoms with van der Waals surface area (Å²) in [6.45, 7) is 1.70. The normalized spacial score (nSPS) is 9.67. The van der Waals surface area contributed by atoms with Crippen LogP contribution < -0.4 is 5.32 Å². The molecule has 94 valence electrons. The molecule has 1 amide bonds. The number of nitrogens with zero attached hydrogens (tertiary/aromatic N) is 2. The van der Waals surface area contributed by atoms with Crippen LogP contribution in [0.4, 0.5) is 11.4 Å². The van der Waals surface area contributed by atoms with Crippen molar-refractivity contribution in [2.45, 2.75) is 13.3 Å². The minimum absolute atomic E-state index is 0.172. The zero-order valence-corrected chi connectivity index (χ0v) is 12.3. The molecule has 1 N–H and O–H groups in total. The van der Waals surface area contributed by atoms with Crippen LogP contribution in [0.1, 0.15) is 12.0 Å². The molecule has 6 nitrogen and oxygen atoms in total. The van der Waals surface area contributed by atoms with Crippen molar-refractivity contribution < 1.29 is 9.72 Å². The van der Waals surface area contributed by atoms with Crippen molar-refractivity contribution in [3.63, 3.8) is 0 Å². The molecule has 0 unspecified atom stereocenters. The molecule has 0 spiro atoms. The summed E-state index contributed by atoms with van der Waals surface area (Å²) in [5.41, 5.74) is 0.767. The second-order valence-corrected chi connectivity index (χ2v) is 5.00. The van der Waals surface area contributed by atoms with E-state index < -0.39 is 10.8 Å². The summed E-state index contributed by atoms with van der Waals surface area (Å²) in [6.07, 6.45) is -0.310. The lowest BCUT2D eigenvalue weighted by atomic mass is 10.1. The number of nitriles is 1. The zero-order valence-electron chi connectivity index (χ0n) is 9.16. The number of anilines is 1. The van der Waals surface area contributed by atoms with Gasteiger partial charge in [0.1, 0.15) is 10.9 Å². The van der Waals surface area contributed by atoms with E-state index in [0.29, 0.717) is 15.7 Å². The predicted octanol–water partition coefficient (Wildman–Crippen LogP) is 3.28. The Hall–Kier alpha value is -1.46. The average molecular weight is 377 g/mol. The third kappa shape index (κ3) is 3.05. The summed E-state index contributed by atoms with van der Waals surface area (Å²) < 4.78 is 0.487. The Morgan fingerprint density at radius 3 is 2.72 bits per heavy atom. The summed E-state index contributed by atoms with van der Waals surface area (Å²) in [5, 5.41) is 21.8. The highest BCUT2D eigenvalue weighted by molar-refractivity contribution is 9.11. The SMILES string of the molecule is Cc1cc(Br)c([N+](=O)[O-])c(Br)c1NC(=O)CC#N. The van der Waals surface area contributed by atoms with E-state index >= 15 is 0 Å². The third-order valence-electron chi connectivity index (χ3n) is 2.08. The summed E-state index contributed by atoms with van der Waals surface area (Å²) in [5.74, 6) is -0.516. The van der Waals surface area contributed by atoms with E-state index in [-0.39, 0.29) is 16.6 Å². The Balaban J connectivity index is 3.29. The molecule has 0 bridgehead atoms. The lowest BCUT2D eigenvalue weighted by Gasteiger charge is -2.10. The fraction of sp³-hybridized carbons (Fsp3) is 0.200. The summed E-state index contributed by atoms with van der Waals surface area (Å²) in [6, 6.07) is 3.24. The Bertz CT molecular complexity index is 566. The number of nitro benzene ring substituents is 1. The Kier molecular flexibility index (Phi) is 4.81. The van der Waals surface area contributed by atoms with Crippen LogP contribution in [0.15, 0.2) is 15.0 Å². The van der Waals surface area contributed by atoms with Gasteiger partial charge in [-0.05, 0) is 50.4 Å². The Morgan fingerprint density at radius 1 is 1.61 bits per heavy atom. The molecular weight excluding hydrogens is 370 g/mol. The third-order valence-corrected chi connectivity index (χ3v) is 3.45. The van der Waals surface area contributed by atoms with Crippen LogP contribution in [0.2, 0.25) is 0 Å². The molecule has 0 saturated carbocycles. The van der Waals surface area contributed by atoms with E-state index in [1.807, 2.05) is 0 Å². The summed E-state index contributed by atoms with van der Waals surface area (Å²) in [7, 11) is 0. The Labute approximate surface area is 119 Å². The molecule has 0 atom stereocenters. The van der Waals surface area contributed by atoms with Gasteiger partial charge in [-0.2, -0.15) is 5.26 Å². The number of nitrogens with one attached hydrogen (secondary N) is 1. The number of halogens is 2. The molecule has 0 aromatic heterocycles. The molecular formula is C10H7Br2N3O3. The van der Waals surface area contributed by atoms with E-state index in [0.717, 1.165) is 0 Å². The monoisotopic (exact) mass is 375 g/mol. The van der Waals surface area contributed by atoms with Crippen molar-refractivity contribution >= 4 is 49.1 Å². The molecule has 0 aliphatic rings. The van der Waals surface area contributed by atoms with Crippen molar-refractivity contribution in [3.05, 3.63) is 30.7 Å². The van der Waals surface area contributed by atoms with Crippen LogP contribution in [-0.4, -0.2) is 10.8 Å². The number of nitro groups is 1. The first-order valence-electron chi connectivity index (χ1n) is 4.68. The van der Waals surface area contributed by atoms with Crippen molar-refractivity contribution in [2.75, 3.05) is 5.32 Å². The maximum Gasteiger partial charge on any atom is 0.299 e. The topological polar surface area (TPSA) is 96.0 Å². The van der Waals surface area contributed by atoms with Gasteiger partial charge in [0.2, 0.25) is 5.91 Å². The molecule has 0 saturated heterocycles.